The minimum absolute atomic E-state index is 0.199. The van der Waals surface area contributed by atoms with Crippen molar-refractivity contribution < 1.29 is 27.6 Å². The summed E-state index contributed by atoms with van der Waals surface area (Å²) in [5.74, 6) is 0. The summed E-state index contributed by atoms with van der Waals surface area (Å²) < 4.78 is 50.7. The largest absolute Gasteiger partial charge is 0.491 e. The van der Waals surface area contributed by atoms with E-state index in [0.29, 0.717) is 12.1 Å². The molecular weight excluding hydrogens is 346 g/mol. The van der Waals surface area contributed by atoms with E-state index in [4.69, 9.17) is 9.31 Å². The molecule has 26 heavy (non-hydrogen) atoms. The zero-order valence-electron chi connectivity index (χ0n) is 15.7. The van der Waals surface area contributed by atoms with Crippen molar-refractivity contribution in [1.82, 2.24) is 5.32 Å². The third-order valence-electron chi connectivity index (χ3n) is 4.92. The van der Waals surface area contributed by atoms with E-state index in [1.807, 2.05) is 27.7 Å². The molecule has 0 amide bonds. The molecule has 1 aliphatic heterocycles. The molecule has 1 aliphatic rings. The minimum atomic E-state index is -4.45. The van der Waals surface area contributed by atoms with Crippen molar-refractivity contribution in [3.05, 3.63) is 40.4 Å². The molecule has 0 aliphatic carbocycles. The van der Waals surface area contributed by atoms with Crippen LogP contribution in [0.3, 0.4) is 0 Å². The molecule has 1 fully saturated rings. The van der Waals surface area contributed by atoms with E-state index in [-0.39, 0.29) is 5.56 Å². The Hall–Kier alpha value is -1.35. The lowest BCUT2D eigenvalue weighted by atomic mass is 9.76. The lowest BCUT2D eigenvalue weighted by Gasteiger charge is -2.32. The number of likely N-dealkylation sites (N-methyl/N-ethyl adjacent to an activating group) is 1. The van der Waals surface area contributed by atoms with E-state index >= 15 is 0 Å². The number of halogens is 3. The molecule has 0 spiro atoms. The normalized spacial score (nSPS) is 19.9. The Bertz CT molecular complexity index is 671. The van der Waals surface area contributed by atoms with Gasteiger partial charge in [-0.05, 0) is 63.5 Å². The Kier molecular flexibility index (Phi) is 5.92. The van der Waals surface area contributed by atoms with E-state index in [9.17, 15) is 18.3 Å². The second-order valence-corrected chi connectivity index (χ2v) is 7.41. The van der Waals surface area contributed by atoms with Crippen LogP contribution in [0.4, 0.5) is 13.2 Å². The Labute approximate surface area is 152 Å². The maximum absolute atomic E-state index is 12.9. The molecule has 0 atom stereocenters. The van der Waals surface area contributed by atoms with E-state index < -0.39 is 36.7 Å². The highest BCUT2D eigenvalue weighted by atomic mass is 19.4. The fourth-order valence-electron chi connectivity index (χ4n) is 2.66. The quantitative estimate of drug-likeness (QED) is 0.779. The average molecular weight is 371 g/mol. The van der Waals surface area contributed by atoms with Crippen LogP contribution < -0.4 is 5.32 Å². The Morgan fingerprint density at radius 2 is 1.77 bits per heavy atom. The van der Waals surface area contributed by atoms with Gasteiger partial charge in [-0.1, -0.05) is 12.1 Å². The van der Waals surface area contributed by atoms with E-state index in [1.54, 1.807) is 13.1 Å². The molecule has 144 valence electrons. The van der Waals surface area contributed by atoms with Crippen LogP contribution in [0.2, 0.25) is 0 Å². The molecule has 2 rings (SSSR count). The second kappa shape index (κ2) is 7.35. The third-order valence-corrected chi connectivity index (χ3v) is 4.92. The summed E-state index contributed by atoms with van der Waals surface area (Å²) in [6.07, 6.45) is -2.74. The minimum Gasteiger partial charge on any atom is -0.400 e. The summed E-state index contributed by atoms with van der Waals surface area (Å²) >= 11 is 0. The first-order valence-corrected chi connectivity index (χ1v) is 8.43. The molecule has 1 aromatic carbocycles. The van der Waals surface area contributed by atoms with Crippen molar-refractivity contribution in [2.45, 2.75) is 51.7 Å². The van der Waals surface area contributed by atoms with Gasteiger partial charge in [-0.3, -0.25) is 0 Å². The summed E-state index contributed by atoms with van der Waals surface area (Å²) in [5, 5.41) is 12.5. The molecule has 0 unspecified atom stereocenters. The molecule has 1 saturated heterocycles. The van der Waals surface area contributed by atoms with Crippen molar-refractivity contribution in [3.8, 4) is 0 Å². The highest BCUT2D eigenvalue weighted by Gasteiger charge is 2.52. The highest BCUT2D eigenvalue weighted by molar-refractivity contribution is 6.55. The van der Waals surface area contributed by atoms with Gasteiger partial charge in [0.1, 0.15) is 0 Å². The smallest absolute Gasteiger partial charge is 0.400 e. The van der Waals surface area contributed by atoms with Gasteiger partial charge in [-0.2, -0.15) is 13.2 Å². The predicted molar refractivity (Wildman–Crippen MR) is 95.4 cm³/mol. The number of aliphatic hydroxyl groups is 1. The maximum Gasteiger partial charge on any atom is 0.491 e. The van der Waals surface area contributed by atoms with Crippen molar-refractivity contribution in [2.75, 3.05) is 13.6 Å². The number of aliphatic hydroxyl groups excluding tert-OH is 1. The third kappa shape index (κ3) is 4.31. The summed E-state index contributed by atoms with van der Waals surface area (Å²) in [6.45, 7) is 7.67. The SMILES string of the molecule is CNCC(=Cc1ccc(C(F)(F)F)cc1CO)B1OC(C)(C)C(C)(C)O1. The maximum atomic E-state index is 12.9. The molecule has 0 aromatic heterocycles. The molecule has 2 N–H and O–H groups in total. The fraction of sp³-hybridized carbons (Fsp3) is 0.556. The predicted octanol–water partition coefficient (Wildman–Crippen LogP) is 3.43. The van der Waals surface area contributed by atoms with Gasteiger partial charge in [-0.25, -0.2) is 0 Å². The summed E-state index contributed by atoms with van der Waals surface area (Å²) in [5.41, 5.74) is -0.398. The van der Waals surface area contributed by atoms with Crippen LogP contribution in [-0.4, -0.2) is 37.0 Å². The average Bonchev–Trinajstić information content (AvgIpc) is 2.74. The topological polar surface area (TPSA) is 50.7 Å². The first-order chi connectivity index (χ1) is 11.9. The lowest BCUT2D eigenvalue weighted by Crippen LogP contribution is -2.41. The molecule has 8 heteroatoms. The van der Waals surface area contributed by atoms with Gasteiger partial charge in [-0.15, -0.1) is 0 Å². The van der Waals surface area contributed by atoms with Crippen molar-refractivity contribution in [3.63, 3.8) is 0 Å². The molecule has 4 nitrogen and oxygen atoms in total. The second-order valence-electron chi connectivity index (χ2n) is 7.41. The van der Waals surface area contributed by atoms with Crippen LogP contribution in [0.25, 0.3) is 6.08 Å². The standard InChI is InChI=1S/C18H25BF3NO3/c1-16(2)17(3,4)26-19(25-16)15(10-23-5)9-12-6-7-14(18(20,21)22)8-13(12)11-24/h6-9,23-24H,10-11H2,1-5H3. The van der Waals surface area contributed by atoms with Gasteiger partial charge in [0.2, 0.25) is 0 Å². The monoisotopic (exact) mass is 371 g/mol. The van der Waals surface area contributed by atoms with E-state index in [2.05, 4.69) is 5.32 Å². The van der Waals surface area contributed by atoms with Gasteiger partial charge < -0.3 is 19.7 Å². The Balaban J connectivity index is 2.41. The molecule has 1 heterocycles. The first kappa shape index (κ1) is 21.0. The number of nitrogens with one attached hydrogen (secondary N) is 1. The van der Waals surface area contributed by atoms with Gasteiger partial charge in [0.15, 0.2) is 0 Å². The van der Waals surface area contributed by atoms with Crippen LogP contribution in [0, 0.1) is 0 Å². The van der Waals surface area contributed by atoms with E-state index in [1.165, 1.54) is 6.07 Å². The summed E-state index contributed by atoms with van der Waals surface area (Å²) in [6, 6.07) is 3.33. The Morgan fingerprint density at radius 3 is 2.23 bits per heavy atom. The zero-order valence-corrected chi connectivity index (χ0v) is 15.7. The van der Waals surface area contributed by atoms with Gasteiger partial charge in [0.05, 0.1) is 23.4 Å². The van der Waals surface area contributed by atoms with Crippen LogP contribution in [0.15, 0.2) is 23.7 Å². The first-order valence-electron chi connectivity index (χ1n) is 8.43. The van der Waals surface area contributed by atoms with E-state index in [0.717, 1.165) is 17.6 Å². The Morgan fingerprint density at radius 1 is 1.19 bits per heavy atom. The fourth-order valence-corrected chi connectivity index (χ4v) is 2.66. The van der Waals surface area contributed by atoms with Crippen molar-refractivity contribution >= 4 is 13.2 Å². The number of alkyl halides is 3. The van der Waals surface area contributed by atoms with Crippen molar-refractivity contribution in [2.24, 2.45) is 0 Å². The summed E-state index contributed by atoms with van der Waals surface area (Å²) in [4.78, 5) is 0. The van der Waals surface area contributed by atoms with Crippen LogP contribution in [0.5, 0.6) is 0 Å². The van der Waals surface area contributed by atoms with Crippen LogP contribution >= 0.6 is 0 Å². The molecule has 0 saturated carbocycles. The van der Waals surface area contributed by atoms with Gasteiger partial charge in [0.25, 0.3) is 0 Å². The van der Waals surface area contributed by atoms with Crippen LogP contribution in [-0.2, 0) is 22.1 Å². The van der Waals surface area contributed by atoms with Gasteiger partial charge in [0, 0.05) is 6.54 Å². The molecular formula is C18H25BF3NO3. The number of hydrogen-bond acceptors (Lipinski definition) is 4. The molecule has 1 aromatic rings. The number of hydrogen-bond donors (Lipinski definition) is 2. The number of rotatable bonds is 5. The highest BCUT2D eigenvalue weighted by Crippen LogP contribution is 2.39. The number of benzene rings is 1. The molecule has 0 bridgehead atoms. The zero-order chi connectivity index (χ0) is 19.8. The summed E-state index contributed by atoms with van der Waals surface area (Å²) in [7, 11) is 1.14. The van der Waals surface area contributed by atoms with Crippen LogP contribution in [0.1, 0.15) is 44.4 Å². The van der Waals surface area contributed by atoms with Crippen molar-refractivity contribution in [1.29, 1.82) is 0 Å². The lowest BCUT2D eigenvalue weighted by molar-refractivity contribution is -0.137. The molecule has 0 radical (unpaired) electrons. The van der Waals surface area contributed by atoms with Gasteiger partial charge >= 0.3 is 13.3 Å².